The molecule has 2 aromatic carbocycles. The highest BCUT2D eigenvalue weighted by Gasteiger charge is 2.13. The Kier molecular flexibility index (Phi) is 4.79. The van der Waals surface area contributed by atoms with Gasteiger partial charge in [0.25, 0.3) is 0 Å². The van der Waals surface area contributed by atoms with Gasteiger partial charge in [-0.15, -0.1) is 0 Å². The van der Waals surface area contributed by atoms with Gasteiger partial charge in [0, 0.05) is 18.2 Å². The van der Waals surface area contributed by atoms with Gasteiger partial charge >= 0.3 is 0 Å². The summed E-state index contributed by atoms with van der Waals surface area (Å²) in [7, 11) is 0. The molecule has 124 valence electrons. The number of para-hydroxylation sites is 2. The molecule has 1 aromatic heterocycles. The fraction of sp³-hybridized carbons (Fsp3) is 0.263. The Balaban J connectivity index is 1.76. The molecule has 3 aromatic rings. The average Bonchev–Trinajstić information content (AvgIpc) is 2.99. The zero-order valence-electron chi connectivity index (χ0n) is 13.6. The number of nitrogens with one attached hydrogen (secondary N) is 1. The van der Waals surface area contributed by atoms with Gasteiger partial charge in [0.1, 0.15) is 11.3 Å². The molecule has 5 heteroatoms. The first-order valence-electron chi connectivity index (χ1n) is 8.16. The highest BCUT2D eigenvalue weighted by atomic mass is 16.3. The van der Waals surface area contributed by atoms with Gasteiger partial charge in [-0.3, -0.25) is 4.79 Å². The number of phenolic OH excluding ortho intramolecular Hbond substituents is 1. The minimum Gasteiger partial charge on any atom is -0.507 e. The molecule has 0 spiro atoms. The van der Waals surface area contributed by atoms with Gasteiger partial charge in [-0.25, -0.2) is 4.98 Å². The number of aromatic hydroxyl groups is 1. The summed E-state index contributed by atoms with van der Waals surface area (Å²) in [6.45, 7) is 2.10. The molecule has 0 atom stereocenters. The number of carbonyl (C=O) groups is 1. The number of nitrogens with zero attached hydrogens (tertiary/aromatic N) is 1. The number of fused-ring (bicyclic) bond motifs is 1. The fourth-order valence-electron chi connectivity index (χ4n) is 2.54. The van der Waals surface area contributed by atoms with E-state index in [2.05, 4.69) is 17.2 Å². The Morgan fingerprint density at radius 2 is 2.04 bits per heavy atom. The van der Waals surface area contributed by atoms with Gasteiger partial charge in [0.15, 0.2) is 5.58 Å². The number of aromatic nitrogens is 1. The summed E-state index contributed by atoms with van der Waals surface area (Å²) in [6.07, 6.45) is 3.47. The smallest absolute Gasteiger partial charge is 0.231 e. The predicted molar refractivity (Wildman–Crippen MR) is 93.9 cm³/mol. The first-order valence-corrected chi connectivity index (χ1v) is 8.16. The van der Waals surface area contributed by atoms with Gasteiger partial charge < -0.3 is 14.8 Å². The summed E-state index contributed by atoms with van der Waals surface area (Å²) >= 11 is 0. The first kappa shape index (κ1) is 16.1. The molecule has 0 aliphatic carbocycles. The van der Waals surface area contributed by atoms with Crippen LogP contribution < -0.4 is 5.32 Å². The molecule has 3 rings (SSSR count). The molecule has 2 N–H and O–H groups in total. The molecule has 0 fully saturated rings. The lowest BCUT2D eigenvalue weighted by atomic mass is 10.1. The van der Waals surface area contributed by atoms with Crippen molar-refractivity contribution in [3.8, 4) is 17.2 Å². The van der Waals surface area contributed by atoms with Gasteiger partial charge in [0.2, 0.25) is 11.8 Å². The minimum atomic E-state index is -0.0440. The number of anilines is 1. The van der Waals surface area contributed by atoms with Crippen molar-refractivity contribution in [2.75, 3.05) is 5.32 Å². The molecule has 24 heavy (non-hydrogen) atoms. The number of phenols is 1. The maximum absolute atomic E-state index is 11.8. The standard InChI is InChI=1S/C19H20N2O3/c1-2-3-4-9-18(23)20-13-10-11-14(16(22)12-13)19-21-15-7-5-6-8-17(15)24-19/h5-8,10-12,22H,2-4,9H2,1H3,(H,20,23). The minimum absolute atomic E-state index is 0.0212. The molecule has 0 bridgehead atoms. The van der Waals surface area contributed by atoms with Crippen molar-refractivity contribution < 1.29 is 14.3 Å². The molecule has 0 saturated heterocycles. The van der Waals surface area contributed by atoms with Crippen LogP contribution in [-0.4, -0.2) is 16.0 Å². The topological polar surface area (TPSA) is 75.4 Å². The molecule has 0 aliphatic rings. The number of unbranched alkanes of at least 4 members (excludes halogenated alkanes) is 2. The van der Waals surface area contributed by atoms with Crippen LogP contribution in [0.15, 0.2) is 46.9 Å². The van der Waals surface area contributed by atoms with Crippen LogP contribution in [0.4, 0.5) is 5.69 Å². The van der Waals surface area contributed by atoms with E-state index in [9.17, 15) is 9.90 Å². The quantitative estimate of drug-likeness (QED) is 0.643. The first-order chi connectivity index (χ1) is 11.7. The van der Waals surface area contributed by atoms with E-state index in [1.165, 1.54) is 6.07 Å². The largest absolute Gasteiger partial charge is 0.507 e. The van der Waals surface area contributed by atoms with Crippen molar-refractivity contribution in [1.29, 1.82) is 0 Å². The Morgan fingerprint density at radius 1 is 1.21 bits per heavy atom. The molecule has 0 unspecified atom stereocenters. The predicted octanol–water partition coefficient (Wildman–Crippen LogP) is 4.72. The lowest BCUT2D eigenvalue weighted by Gasteiger charge is -2.07. The van der Waals surface area contributed by atoms with E-state index in [1.807, 2.05) is 24.3 Å². The van der Waals surface area contributed by atoms with E-state index in [0.29, 0.717) is 29.1 Å². The van der Waals surface area contributed by atoms with Crippen molar-refractivity contribution in [2.45, 2.75) is 32.6 Å². The van der Waals surface area contributed by atoms with Crippen LogP contribution in [0.5, 0.6) is 5.75 Å². The Morgan fingerprint density at radius 3 is 2.79 bits per heavy atom. The maximum atomic E-state index is 11.8. The lowest BCUT2D eigenvalue weighted by molar-refractivity contribution is -0.116. The number of hydrogen-bond donors (Lipinski definition) is 2. The van der Waals surface area contributed by atoms with Gasteiger partial charge in [-0.2, -0.15) is 0 Å². The van der Waals surface area contributed by atoms with E-state index in [0.717, 1.165) is 24.8 Å². The van der Waals surface area contributed by atoms with E-state index in [1.54, 1.807) is 12.1 Å². The van der Waals surface area contributed by atoms with Crippen molar-refractivity contribution in [2.24, 2.45) is 0 Å². The van der Waals surface area contributed by atoms with Crippen LogP contribution in [0.25, 0.3) is 22.6 Å². The van der Waals surface area contributed by atoms with Crippen LogP contribution in [-0.2, 0) is 4.79 Å². The average molecular weight is 324 g/mol. The number of oxazole rings is 1. The second-order valence-electron chi connectivity index (χ2n) is 5.72. The third-order valence-corrected chi connectivity index (χ3v) is 3.81. The van der Waals surface area contributed by atoms with Crippen molar-refractivity contribution in [3.63, 3.8) is 0 Å². The summed E-state index contributed by atoms with van der Waals surface area (Å²) in [5.74, 6) is 0.333. The van der Waals surface area contributed by atoms with Crippen LogP contribution in [0, 0.1) is 0 Å². The maximum Gasteiger partial charge on any atom is 0.231 e. The third-order valence-electron chi connectivity index (χ3n) is 3.81. The molecular formula is C19H20N2O3. The second-order valence-corrected chi connectivity index (χ2v) is 5.72. The number of benzene rings is 2. The molecule has 1 heterocycles. The van der Waals surface area contributed by atoms with Gasteiger partial charge in [-0.1, -0.05) is 31.9 Å². The number of amides is 1. The normalized spacial score (nSPS) is 10.9. The Labute approximate surface area is 140 Å². The lowest BCUT2D eigenvalue weighted by Crippen LogP contribution is -2.10. The van der Waals surface area contributed by atoms with Crippen LogP contribution in [0.2, 0.25) is 0 Å². The highest BCUT2D eigenvalue weighted by molar-refractivity contribution is 5.91. The molecule has 0 aliphatic heterocycles. The summed E-state index contributed by atoms with van der Waals surface area (Å²) < 4.78 is 5.66. The van der Waals surface area contributed by atoms with Crippen molar-refractivity contribution in [3.05, 3.63) is 42.5 Å². The van der Waals surface area contributed by atoms with Crippen LogP contribution in [0.1, 0.15) is 32.6 Å². The molecule has 0 saturated carbocycles. The molecule has 0 radical (unpaired) electrons. The monoisotopic (exact) mass is 324 g/mol. The summed E-state index contributed by atoms with van der Waals surface area (Å²) in [5.41, 5.74) is 2.46. The fourth-order valence-corrected chi connectivity index (χ4v) is 2.54. The van der Waals surface area contributed by atoms with Crippen molar-refractivity contribution >= 4 is 22.7 Å². The zero-order valence-corrected chi connectivity index (χ0v) is 13.6. The van der Waals surface area contributed by atoms with Crippen LogP contribution >= 0.6 is 0 Å². The SMILES string of the molecule is CCCCCC(=O)Nc1ccc(-c2nc3ccccc3o2)c(O)c1. The van der Waals surface area contributed by atoms with Gasteiger partial charge in [-0.05, 0) is 30.7 Å². The highest BCUT2D eigenvalue weighted by Crippen LogP contribution is 2.33. The van der Waals surface area contributed by atoms with E-state index in [-0.39, 0.29) is 11.7 Å². The second kappa shape index (κ2) is 7.17. The van der Waals surface area contributed by atoms with E-state index in [4.69, 9.17) is 4.42 Å². The van der Waals surface area contributed by atoms with E-state index < -0.39 is 0 Å². The zero-order chi connectivity index (χ0) is 16.9. The molecular weight excluding hydrogens is 304 g/mol. The summed E-state index contributed by atoms with van der Waals surface area (Å²) in [6, 6.07) is 12.4. The summed E-state index contributed by atoms with van der Waals surface area (Å²) in [4.78, 5) is 16.2. The number of carbonyl (C=O) groups excluding carboxylic acids is 1. The Bertz CT molecular complexity index is 822. The Hall–Kier alpha value is -2.82. The number of hydrogen-bond acceptors (Lipinski definition) is 4. The summed E-state index contributed by atoms with van der Waals surface area (Å²) in [5, 5.41) is 13.0. The third kappa shape index (κ3) is 3.56. The van der Waals surface area contributed by atoms with Gasteiger partial charge in [0.05, 0.1) is 5.56 Å². The van der Waals surface area contributed by atoms with Crippen molar-refractivity contribution in [1.82, 2.24) is 4.98 Å². The number of rotatable bonds is 6. The van der Waals surface area contributed by atoms with E-state index >= 15 is 0 Å². The van der Waals surface area contributed by atoms with Crippen LogP contribution in [0.3, 0.4) is 0 Å². The molecule has 5 nitrogen and oxygen atoms in total. The molecule has 1 amide bonds.